The number of rotatable bonds is 8. The van der Waals surface area contributed by atoms with E-state index in [1.165, 1.54) is 6.26 Å². The van der Waals surface area contributed by atoms with E-state index in [1.54, 1.807) is 54.6 Å². The lowest BCUT2D eigenvalue weighted by Crippen LogP contribution is -2.15. The quantitative estimate of drug-likeness (QED) is 0.584. The lowest BCUT2D eigenvalue weighted by molar-refractivity contribution is 0.0993. The number of hydrogen-bond acceptors (Lipinski definition) is 5. The SMILES string of the molecule is CCOc1ccc(OCC)c(NC(=O)c2cccc(NC(=O)c3ccco3)c2)c1. The summed E-state index contributed by atoms with van der Waals surface area (Å²) < 4.78 is 16.2. The zero-order chi connectivity index (χ0) is 20.6. The maximum Gasteiger partial charge on any atom is 0.291 e. The van der Waals surface area contributed by atoms with Crippen molar-refractivity contribution >= 4 is 23.2 Å². The van der Waals surface area contributed by atoms with E-state index >= 15 is 0 Å². The first-order valence-electron chi connectivity index (χ1n) is 9.26. The second kappa shape index (κ2) is 9.45. The highest BCUT2D eigenvalue weighted by Gasteiger charge is 2.14. The highest BCUT2D eigenvalue weighted by Crippen LogP contribution is 2.30. The van der Waals surface area contributed by atoms with E-state index in [0.717, 1.165) is 0 Å². The first kappa shape index (κ1) is 20.0. The topological polar surface area (TPSA) is 89.8 Å². The summed E-state index contributed by atoms with van der Waals surface area (Å²) in [5.74, 6) is 0.635. The lowest BCUT2D eigenvalue weighted by Gasteiger charge is -2.14. The third-order valence-corrected chi connectivity index (χ3v) is 3.94. The van der Waals surface area contributed by atoms with Gasteiger partial charge in [-0.25, -0.2) is 0 Å². The first-order valence-corrected chi connectivity index (χ1v) is 9.26. The number of anilines is 2. The Morgan fingerprint density at radius 1 is 0.897 bits per heavy atom. The Morgan fingerprint density at radius 3 is 2.45 bits per heavy atom. The van der Waals surface area contributed by atoms with Gasteiger partial charge in [-0.2, -0.15) is 0 Å². The highest BCUT2D eigenvalue weighted by atomic mass is 16.5. The Kier molecular flexibility index (Phi) is 6.52. The van der Waals surface area contributed by atoms with Gasteiger partial charge >= 0.3 is 0 Å². The van der Waals surface area contributed by atoms with Gasteiger partial charge in [0.2, 0.25) is 0 Å². The third-order valence-electron chi connectivity index (χ3n) is 3.94. The van der Waals surface area contributed by atoms with Crippen LogP contribution in [0.15, 0.2) is 65.3 Å². The van der Waals surface area contributed by atoms with Gasteiger partial charge in [0.05, 0.1) is 25.2 Å². The maximum absolute atomic E-state index is 12.8. The average Bonchev–Trinajstić information content (AvgIpc) is 3.25. The van der Waals surface area contributed by atoms with E-state index in [-0.39, 0.29) is 11.7 Å². The van der Waals surface area contributed by atoms with Gasteiger partial charge in [-0.15, -0.1) is 0 Å². The number of carbonyl (C=O) groups is 2. The molecule has 0 spiro atoms. The van der Waals surface area contributed by atoms with Crippen molar-refractivity contribution < 1.29 is 23.5 Å². The van der Waals surface area contributed by atoms with E-state index in [9.17, 15) is 9.59 Å². The summed E-state index contributed by atoms with van der Waals surface area (Å²) in [6.07, 6.45) is 1.42. The zero-order valence-corrected chi connectivity index (χ0v) is 16.2. The predicted octanol–water partition coefficient (Wildman–Crippen LogP) is 4.58. The molecule has 0 saturated heterocycles. The van der Waals surface area contributed by atoms with Crippen molar-refractivity contribution in [2.24, 2.45) is 0 Å². The molecule has 7 heteroatoms. The van der Waals surface area contributed by atoms with Gasteiger partial charge in [0.25, 0.3) is 11.8 Å². The molecule has 7 nitrogen and oxygen atoms in total. The van der Waals surface area contributed by atoms with Crippen LogP contribution in [0.2, 0.25) is 0 Å². The Bertz CT molecular complexity index is 983. The minimum Gasteiger partial charge on any atom is -0.494 e. The molecule has 1 heterocycles. The number of nitrogens with one attached hydrogen (secondary N) is 2. The smallest absolute Gasteiger partial charge is 0.291 e. The average molecular weight is 394 g/mol. The van der Waals surface area contributed by atoms with Gasteiger partial charge in [0.1, 0.15) is 11.5 Å². The molecule has 0 radical (unpaired) electrons. The number of carbonyl (C=O) groups excluding carboxylic acids is 2. The van der Waals surface area contributed by atoms with Crippen LogP contribution in [0.25, 0.3) is 0 Å². The van der Waals surface area contributed by atoms with Crippen molar-refractivity contribution in [1.82, 2.24) is 0 Å². The molecule has 0 bridgehead atoms. The molecule has 1 aromatic heterocycles. The Morgan fingerprint density at radius 2 is 1.72 bits per heavy atom. The summed E-state index contributed by atoms with van der Waals surface area (Å²) >= 11 is 0. The fraction of sp³-hybridized carbons (Fsp3) is 0.182. The van der Waals surface area contributed by atoms with Crippen LogP contribution in [-0.2, 0) is 0 Å². The molecule has 0 aliphatic heterocycles. The Hall–Kier alpha value is -3.74. The van der Waals surface area contributed by atoms with E-state index in [0.29, 0.717) is 41.7 Å². The minimum atomic E-state index is -0.393. The molecule has 0 atom stereocenters. The molecule has 0 saturated carbocycles. The molecule has 0 aliphatic carbocycles. The maximum atomic E-state index is 12.8. The molecule has 29 heavy (non-hydrogen) atoms. The van der Waals surface area contributed by atoms with Crippen molar-refractivity contribution in [3.63, 3.8) is 0 Å². The molecule has 2 aromatic carbocycles. The fourth-order valence-corrected chi connectivity index (χ4v) is 2.68. The van der Waals surface area contributed by atoms with Gasteiger partial charge < -0.3 is 24.5 Å². The van der Waals surface area contributed by atoms with Crippen LogP contribution in [0.3, 0.4) is 0 Å². The van der Waals surface area contributed by atoms with Crippen molar-refractivity contribution in [2.45, 2.75) is 13.8 Å². The van der Waals surface area contributed by atoms with Gasteiger partial charge in [-0.3, -0.25) is 9.59 Å². The monoisotopic (exact) mass is 394 g/mol. The minimum absolute atomic E-state index is 0.189. The molecule has 0 aliphatic rings. The summed E-state index contributed by atoms with van der Waals surface area (Å²) in [4.78, 5) is 24.9. The van der Waals surface area contributed by atoms with Crippen molar-refractivity contribution in [2.75, 3.05) is 23.8 Å². The molecule has 0 unspecified atom stereocenters. The van der Waals surface area contributed by atoms with Gasteiger partial charge in [0.15, 0.2) is 5.76 Å². The van der Waals surface area contributed by atoms with Crippen LogP contribution in [0.5, 0.6) is 11.5 Å². The van der Waals surface area contributed by atoms with Crippen molar-refractivity contribution in [3.05, 3.63) is 72.2 Å². The molecule has 2 N–H and O–H groups in total. The van der Waals surface area contributed by atoms with E-state index in [1.807, 2.05) is 13.8 Å². The molecular weight excluding hydrogens is 372 g/mol. The van der Waals surface area contributed by atoms with Crippen molar-refractivity contribution in [1.29, 1.82) is 0 Å². The lowest BCUT2D eigenvalue weighted by atomic mass is 10.1. The van der Waals surface area contributed by atoms with Crippen molar-refractivity contribution in [3.8, 4) is 11.5 Å². The fourth-order valence-electron chi connectivity index (χ4n) is 2.68. The molecule has 3 rings (SSSR count). The van der Waals surface area contributed by atoms with Gasteiger partial charge in [-0.05, 0) is 56.3 Å². The van der Waals surface area contributed by atoms with Crippen LogP contribution in [-0.4, -0.2) is 25.0 Å². The van der Waals surface area contributed by atoms with Crippen LogP contribution in [0.4, 0.5) is 11.4 Å². The summed E-state index contributed by atoms with van der Waals surface area (Å²) in [5, 5.41) is 5.55. The molecular formula is C22H22N2O5. The summed E-state index contributed by atoms with van der Waals surface area (Å²) in [7, 11) is 0. The molecule has 150 valence electrons. The first-order chi connectivity index (χ1) is 14.1. The normalized spacial score (nSPS) is 10.3. The van der Waals surface area contributed by atoms with Crippen LogP contribution in [0.1, 0.15) is 34.8 Å². The van der Waals surface area contributed by atoms with Gasteiger partial charge in [0, 0.05) is 17.3 Å². The van der Waals surface area contributed by atoms with Crippen LogP contribution < -0.4 is 20.1 Å². The second-order valence-electron chi connectivity index (χ2n) is 5.99. The Labute approximate surface area is 168 Å². The number of hydrogen-bond donors (Lipinski definition) is 2. The zero-order valence-electron chi connectivity index (χ0n) is 16.2. The Balaban J connectivity index is 1.77. The third kappa shape index (κ3) is 5.16. The summed E-state index contributed by atoms with van der Waals surface area (Å²) in [6.45, 7) is 4.73. The predicted molar refractivity (Wildman–Crippen MR) is 110 cm³/mol. The summed E-state index contributed by atoms with van der Waals surface area (Å²) in [6, 6.07) is 15.1. The molecule has 0 fully saturated rings. The van der Waals surface area contributed by atoms with Crippen LogP contribution >= 0.6 is 0 Å². The van der Waals surface area contributed by atoms with Crippen LogP contribution in [0, 0.1) is 0 Å². The number of furan rings is 1. The molecule has 3 aromatic rings. The number of benzene rings is 2. The standard InChI is InChI=1S/C22H22N2O5/c1-3-27-17-10-11-19(28-4-2)18(14-17)24-21(25)15-7-5-8-16(13-15)23-22(26)20-9-6-12-29-20/h5-14H,3-4H2,1-2H3,(H,23,26)(H,24,25). The van der Waals surface area contributed by atoms with E-state index in [4.69, 9.17) is 13.9 Å². The van der Waals surface area contributed by atoms with E-state index < -0.39 is 5.91 Å². The largest absolute Gasteiger partial charge is 0.494 e. The molecule has 2 amide bonds. The van der Waals surface area contributed by atoms with Gasteiger partial charge in [-0.1, -0.05) is 6.07 Å². The highest BCUT2D eigenvalue weighted by molar-refractivity contribution is 6.07. The number of amides is 2. The summed E-state index contributed by atoms with van der Waals surface area (Å²) in [5.41, 5.74) is 1.37. The number of ether oxygens (including phenoxy) is 2. The van der Waals surface area contributed by atoms with E-state index in [2.05, 4.69) is 10.6 Å². The second-order valence-corrected chi connectivity index (χ2v) is 5.99.